The molecule has 0 radical (unpaired) electrons. The van der Waals surface area contributed by atoms with Crippen molar-refractivity contribution in [2.45, 2.75) is 56.0 Å². The molecule has 1 fully saturated rings. The van der Waals surface area contributed by atoms with Crippen molar-refractivity contribution < 1.29 is 23.8 Å². The summed E-state index contributed by atoms with van der Waals surface area (Å²) in [5, 5.41) is 0. The van der Waals surface area contributed by atoms with Gasteiger partial charge in [-0.1, -0.05) is 55.3 Å². The number of hydrogen-bond donors (Lipinski definition) is 0. The van der Waals surface area contributed by atoms with Crippen LogP contribution in [-0.4, -0.2) is 74.4 Å². The minimum absolute atomic E-state index is 0.00657. The van der Waals surface area contributed by atoms with Crippen molar-refractivity contribution in [1.29, 1.82) is 0 Å². The summed E-state index contributed by atoms with van der Waals surface area (Å²) in [7, 11) is 6.52. The number of nitrogens with zero attached hydrogens (tertiary/aromatic N) is 2. The van der Waals surface area contributed by atoms with Gasteiger partial charge in [-0.05, 0) is 66.5 Å². The molecule has 7 nitrogen and oxygen atoms in total. The predicted molar refractivity (Wildman–Crippen MR) is 169 cm³/mol. The highest BCUT2D eigenvalue weighted by molar-refractivity contribution is 7.99. The molecule has 3 aromatic rings. The number of piperazine rings is 1. The van der Waals surface area contributed by atoms with Crippen LogP contribution < -0.4 is 14.2 Å². The molecule has 1 aliphatic heterocycles. The summed E-state index contributed by atoms with van der Waals surface area (Å²) in [4.78, 5) is 31.4. The molecular formula is C34H42N2O5S. The first-order valence-electron chi connectivity index (χ1n) is 14.5. The highest BCUT2D eigenvalue weighted by Gasteiger charge is 2.41. The van der Waals surface area contributed by atoms with Crippen molar-refractivity contribution in [2.24, 2.45) is 0 Å². The van der Waals surface area contributed by atoms with Crippen LogP contribution in [0.4, 0.5) is 0 Å². The third-order valence-corrected chi connectivity index (χ3v) is 8.99. The second-order valence-corrected chi connectivity index (χ2v) is 11.7. The molecule has 2 atom stereocenters. The summed E-state index contributed by atoms with van der Waals surface area (Å²) < 4.78 is 16.4. The van der Waals surface area contributed by atoms with Crippen molar-refractivity contribution in [3.63, 3.8) is 0 Å². The third-order valence-electron chi connectivity index (χ3n) is 7.89. The lowest BCUT2D eigenvalue weighted by atomic mass is 9.96. The van der Waals surface area contributed by atoms with Crippen LogP contribution in [0.5, 0.6) is 17.2 Å². The van der Waals surface area contributed by atoms with Crippen LogP contribution >= 0.6 is 11.8 Å². The zero-order valence-electron chi connectivity index (χ0n) is 25.3. The molecule has 0 N–H and O–H groups in total. The number of benzene rings is 3. The van der Waals surface area contributed by atoms with Gasteiger partial charge in [0.1, 0.15) is 12.1 Å². The molecule has 0 spiro atoms. The fourth-order valence-electron chi connectivity index (χ4n) is 5.41. The lowest BCUT2D eigenvalue weighted by Gasteiger charge is -2.42. The molecule has 1 aliphatic rings. The Kier molecular flexibility index (Phi) is 11.2. The van der Waals surface area contributed by atoms with E-state index in [0.717, 1.165) is 48.1 Å². The number of amides is 2. The van der Waals surface area contributed by atoms with E-state index in [1.165, 1.54) is 4.90 Å². The zero-order chi connectivity index (χ0) is 30.1. The highest BCUT2D eigenvalue weighted by Crippen LogP contribution is 2.41. The van der Waals surface area contributed by atoms with Crippen LogP contribution in [0, 0.1) is 0 Å². The summed E-state index contributed by atoms with van der Waals surface area (Å²) in [5.41, 5.74) is 2.90. The molecular weight excluding hydrogens is 548 g/mol. The van der Waals surface area contributed by atoms with Gasteiger partial charge < -0.3 is 24.0 Å². The number of carbonyl (C=O) groups is 2. The Hall–Kier alpha value is -3.65. The second kappa shape index (κ2) is 15.0. The Morgan fingerprint density at radius 3 is 2.02 bits per heavy atom. The number of likely N-dealkylation sites (N-methyl/N-ethyl adjacent to an activating group) is 1. The molecule has 0 unspecified atom stereocenters. The van der Waals surface area contributed by atoms with Crippen molar-refractivity contribution in [1.82, 2.24) is 9.80 Å². The van der Waals surface area contributed by atoms with E-state index in [1.54, 1.807) is 38.2 Å². The quantitative estimate of drug-likeness (QED) is 0.161. The van der Waals surface area contributed by atoms with Gasteiger partial charge in [0.25, 0.3) is 0 Å². The van der Waals surface area contributed by atoms with E-state index >= 15 is 0 Å². The van der Waals surface area contributed by atoms with Gasteiger partial charge in [0, 0.05) is 24.9 Å². The smallest absolute Gasteiger partial charge is 0.246 e. The SMILES string of the molecule is COc1cc(-c2ccc(C[C@H]3C(=O)N(CCCCCCSc4ccccc4)[C@@H](C)C(=O)N3C)cc2)cc(OC)c1OC. The monoisotopic (exact) mass is 590 g/mol. The third kappa shape index (κ3) is 7.40. The molecule has 1 heterocycles. The molecule has 0 aliphatic carbocycles. The van der Waals surface area contributed by atoms with Crippen molar-refractivity contribution in [3.8, 4) is 28.4 Å². The fourth-order valence-corrected chi connectivity index (χ4v) is 6.34. The maximum absolute atomic E-state index is 13.6. The number of rotatable bonds is 14. The Balaban J connectivity index is 1.34. The van der Waals surface area contributed by atoms with Crippen molar-refractivity contribution in [2.75, 3.05) is 40.7 Å². The number of thioether (sulfide) groups is 1. The molecule has 8 heteroatoms. The first kappa shape index (κ1) is 31.3. The number of hydrogen-bond acceptors (Lipinski definition) is 6. The van der Waals surface area contributed by atoms with E-state index in [2.05, 4.69) is 24.3 Å². The van der Waals surface area contributed by atoms with Crippen LogP contribution in [-0.2, 0) is 16.0 Å². The maximum atomic E-state index is 13.6. The first-order valence-corrected chi connectivity index (χ1v) is 15.5. The summed E-state index contributed by atoms with van der Waals surface area (Å²) in [6.07, 6.45) is 4.67. The fraction of sp³-hybridized carbons (Fsp3) is 0.412. The molecule has 0 saturated carbocycles. The van der Waals surface area contributed by atoms with Gasteiger partial charge in [-0.15, -0.1) is 11.8 Å². The van der Waals surface area contributed by atoms with Gasteiger partial charge in [0.05, 0.1) is 21.3 Å². The molecule has 1 saturated heterocycles. The van der Waals surface area contributed by atoms with Crippen molar-refractivity contribution in [3.05, 3.63) is 72.3 Å². The van der Waals surface area contributed by atoms with Gasteiger partial charge in [-0.25, -0.2) is 0 Å². The van der Waals surface area contributed by atoms with Gasteiger partial charge in [0.2, 0.25) is 17.6 Å². The number of methoxy groups -OCH3 is 3. The van der Waals surface area contributed by atoms with Gasteiger partial charge in [-0.3, -0.25) is 9.59 Å². The summed E-state index contributed by atoms with van der Waals surface area (Å²) in [6.45, 7) is 2.46. The highest BCUT2D eigenvalue weighted by atomic mass is 32.2. The Morgan fingerprint density at radius 2 is 1.40 bits per heavy atom. The summed E-state index contributed by atoms with van der Waals surface area (Å²) >= 11 is 1.88. The van der Waals surface area contributed by atoms with E-state index < -0.39 is 12.1 Å². The second-order valence-electron chi connectivity index (χ2n) is 10.6. The van der Waals surface area contributed by atoms with Crippen LogP contribution in [0.1, 0.15) is 38.2 Å². The van der Waals surface area contributed by atoms with Crippen LogP contribution in [0.25, 0.3) is 11.1 Å². The standard InChI is InChI=1S/C34H42N2O5S/c1-24-33(37)35(2)29(34(38)36(24)19-11-6-7-12-20-42-28-13-9-8-10-14-28)21-25-15-17-26(18-16-25)27-22-30(39-3)32(41-5)31(23-27)40-4/h8-10,13-18,22-24,29H,6-7,11-12,19-21H2,1-5H3/t24-,29-/m0/s1. The number of unbranched alkanes of at least 4 members (excludes halogenated alkanes) is 3. The Bertz CT molecular complexity index is 1310. The molecule has 2 amide bonds. The number of ether oxygens (including phenoxy) is 3. The van der Waals surface area contributed by atoms with Gasteiger partial charge in [0.15, 0.2) is 11.5 Å². The Labute approximate surface area is 254 Å². The van der Waals surface area contributed by atoms with Crippen molar-refractivity contribution >= 4 is 23.6 Å². The lowest BCUT2D eigenvalue weighted by molar-refractivity contribution is -0.159. The van der Waals surface area contributed by atoms with E-state index in [4.69, 9.17) is 14.2 Å². The van der Waals surface area contributed by atoms with Gasteiger partial charge >= 0.3 is 0 Å². The van der Waals surface area contributed by atoms with Gasteiger partial charge in [-0.2, -0.15) is 0 Å². The zero-order valence-corrected chi connectivity index (χ0v) is 26.1. The molecule has 3 aromatic carbocycles. The van der Waals surface area contributed by atoms with E-state index in [0.29, 0.717) is 30.2 Å². The van der Waals surface area contributed by atoms with E-state index in [1.807, 2.05) is 61.2 Å². The molecule has 0 aromatic heterocycles. The summed E-state index contributed by atoms with van der Waals surface area (Å²) in [6, 6.07) is 21.4. The average Bonchev–Trinajstić information content (AvgIpc) is 3.03. The molecule has 224 valence electrons. The largest absolute Gasteiger partial charge is 0.493 e. The molecule has 0 bridgehead atoms. The topological polar surface area (TPSA) is 68.3 Å². The minimum Gasteiger partial charge on any atom is -0.493 e. The first-order chi connectivity index (χ1) is 20.4. The average molecular weight is 591 g/mol. The number of carbonyl (C=O) groups excluding carboxylic acids is 2. The normalized spacial score (nSPS) is 17.0. The lowest BCUT2D eigenvalue weighted by Crippen LogP contribution is -2.63. The van der Waals surface area contributed by atoms with E-state index in [-0.39, 0.29) is 11.8 Å². The van der Waals surface area contributed by atoms with E-state index in [9.17, 15) is 9.59 Å². The molecule has 42 heavy (non-hydrogen) atoms. The van der Waals surface area contributed by atoms with Crippen LogP contribution in [0.15, 0.2) is 71.6 Å². The van der Waals surface area contributed by atoms with Crippen LogP contribution in [0.2, 0.25) is 0 Å². The maximum Gasteiger partial charge on any atom is 0.246 e. The summed E-state index contributed by atoms with van der Waals surface area (Å²) in [5.74, 6) is 2.83. The molecule has 4 rings (SSSR count). The van der Waals surface area contributed by atoms with Crippen LogP contribution in [0.3, 0.4) is 0 Å². The predicted octanol–water partition coefficient (Wildman–Crippen LogP) is 6.33. The minimum atomic E-state index is -0.511. The Morgan fingerprint density at radius 1 is 0.762 bits per heavy atom.